The maximum atomic E-state index is 12.1. The summed E-state index contributed by atoms with van der Waals surface area (Å²) in [5, 5.41) is 3.11. The van der Waals surface area contributed by atoms with Crippen LogP contribution in [0, 0.1) is 5.92 Å². The third kappa shape index (κ3) is 7.77. The topological polar surface area (TPSA) is 46.9 Å². The Morgan fingerprint density at radius 2 is 1.63 bits per heavy atom. The lowest BCUT2D eigenvalue weighted by Gasteiger charge is -2.12. The van der Waals surface area contributed by atoms with Gasteiger partial charge >= 0.3 is 0 Å². The van der Waals surface area contributed by atoms with E-state index >= 15 is 0 Å². The number of para-hydroxylation sites is 2. The second-order valence-electron chi connectivity index (χ2n) is 8.55. The number of imidazole rings is 1. The van der Waals surface area contributed by atoms with Gasteiger partial charge in [0.2, 0.25) is 5.91 Å². The first-order valence-electron chi connectivity index (χ1n) is 12.4. The largest absolute Gasteiger partial charge is 0.356 e. The Balaban J connectivity index is 1.78. The summed E-state index contributed by atoms with van der Waals surface area (Å²) in [4.78, 5) is 17.0. The Morgan fingerprint density at radius 3 is 2.40 bits per heavy atom. The first kappa shape index (κ1) is 24.4. The van der Waals surface area contributed by atoms with Crippen molar-refractivity contribution >= 4 is 16.9 Å². The van der Waals surface area contributed by atoms with Crippen LogP contribution >= 0.6 is 0 Å². The average Bonchev–Trinajstić information content (AvgIpc) is 3.11. The van der Waals surface area contributed by atoms with Crippen molar-refractivity contribution in [2.45, 2.75) is 104 Å². The fraction of sp³-hybridized carbons (Fsp3) is 0.692. The second-order valence-corrected chi connectivity index (χ2v) is 8.55. The molecular weight excluding hydrogens is 370 g/mol. The fourth-order valence-electron chi connectivity index (χ4n) is 4.22. The summed E-state index contributed by atoms with van der Waals surface area (Å²) in [5.74, 6) is 1.62. The molecule has 0 spiro atoms. The van der Waals surface area contributed by atoms with Gasteiger partial charge in [0.05, 0.1) is 11.0 Å². The molecule has 0 aliphatic heterocycles. The Kier molecular flexibility index (Phi) is 11.6. The molecule has 0 bridgehead atoms. The molecule has 0 unspecified atom stereocenters. The minimum Gasteiger partial charge on any atom is -0.356 e. The lowest BCUT2D eigenvalue weighted by molar-refractivity contribution is -0.125. The van der Waals surface area contributed by atoms with Gasteiger partial charge in [0.25, 0.3) is 0 Å². The molecule has 0 radical (unpaired) electrons. The van der Waals surface area contributed by atoms with Gasteiger partial charge in [-0.15, -0.1) is 0 Å². The summed E-state index contributed by atoms with van der Waals surface area (Å²) in [6.45, 7) is 8.32. The van der Waals surface area contributed by atoms with Crippen LogP contribution in [0.25, 0.3) is 11.0 Å². The summed E-state index contributed by atoms with van der Waals surface area (Å²) in [6.07, 6.45) is 14.1. The third-order valence-electron chi connectivity index (χ3n) is 6.20. The van der Waals surface area contributed by atoms with Crippen LogP contribution in [-0.4, -0.2) is 22.0 Å². The number of unbranched alkanes of at least 4 members (excludes halogenated alkanes) is 7. The monoisotopic (exact) mass is 413 g/mol. The highest BCUT2D eigenvalue weighted by atomic mass is 16.1. The number of nitrogens with one attached hydrogen (secondary N) is 1. The number of benzene rings is 1. The van der Waals surface area contributed by atoms with Crippen molar-refractivity contribution in [3.05, 3.63) is 30.1 Å². The molecule has 1 aromatic heterocycles. The highest BCUT2D eigenvalue weighted by Gasteiger charge is 2.13. The van der Waals surface area contributed by atoms with Crippen molar-refractivity contribution in [2.75, 3.05) is 6.54 Å². The van der Waals surface area contributed by atoms with E-state index in [1.54, 1.807) is 0 Å². The molecule has 0 aliphatic rings. The first-order valence-corrected chi connectivity index (χ1v) is 12.4. The number of carbonyl (C=O) groups excluding carboxylic acids is 1. The molecule has 2 rings (SSSR count). The molecular formula is C26H43N3O. The van der Waals surface area contributed by atoms with Crippen molar-refractivity contribution in [1.29, 1.82) is 0 Å². The molecule has 0 atom stereocenters. The number of fused-ring (bicyclic) bond motifs is 1. The molecule has 0 fully saturated rings. The molecule has 1 N–H and O–H groups in total. The van der Waals surface area contributed by atoms with Gasteiger partial charge < -0.3 is 9.88 Å². The lowest BCUT2D eigenvalue weighted by Crippen LogP contribution is -2.30. The minimum absolute atomic E-state index is 0.173. The van der Waals surface area contributed by atoms with E-state index in [1.165, 1.54) is 49.9 Å². The van der Waals surface area contributed by atoms with Gasteiger partial charge in [0.15, 0.2) is 0 Å². The molecule has 4 heteroatoms. The van der Waals surface area contributed by atoms with Gasteiger partial charge in [0.1, 0.15) is 5.82 Å². The van der Waals surface area contributed by atoms with Gasteiger partial charge in [-0.1, -0.05) is 71.4 Å². The van der Waals surface area contributed by atoms with Crippen LogP contribution in [-0.2, 0) is 17.8 Å². The number of carbonyl (C=O) groups is 1. The zero-order valence-electron chi connectivity index (χ0n) is 19.6. The molecule has 1 aromatic carbocycles. The van der Waals surface area contributed by atoms with Crippen molar-refractivity contribution < 1.29 is 4.79 Å². The van der Waals surface area contributed by atoms with Gasteiger partial charge in [-0.25, -0.2) is 4.98 Å². The van der Waals surface area contributed by atoms with E-state index in [-0.39, 0.29) is 11.8 Å². The van der Waals surface area contributed by atoms with E-state index in [0.29, 0.717) is 0 Å². The van der Waals surface area contributed by atoms with E-state index in [1.807, 2.05) is 0 Å². The van der Waals surface area contributed by atoms with Crippen molar-refractivity contribution in [3.63, 3.8) is 0 Å². The number of hydrogen-bond donors (Lipinski definition) is 1. The van der Waals surface area contributed by atoms with Crippen LogP contribution in [0.4, 0.5) is 0 Å². The molecule has 168 valence electrons. The predicted molar refractivity (Wildman–Crippen MR) is 128 cm³/mol. The molecule has 30 heavy (non-hydrogen) atoms. The van der Waals surface area contributed by atoms with Crippen LogP contribution in [0.2, 0.25) is 0 Å². The molecule has 0 aliphatic carbocycles. The number of aromatic nitrogens is 2. The summed E-state index contributed by atoms with van der Waals surface area (Å²) in [6, 6.07) is 8.53. The van der Waals surface area contributed by atoms with Crippen molar-refractivity contribution in [3.8, 4) is 0 Å². The van der Waals surface area contributed by atoms with Crippen molar-refractivity contribution in [2.24, 2.45) is 5.92 Å². The van der Waals surface area contributed by atoms with Crippen LogP contribution in [0.5, 0.6) is 0 Å². The van der Waals surface area contributed by atoms with E-state index in [9.17, 15) is 4.79 Å². The summed E-state index contributed by atoms with van der Waals surface area (Å²) in [7, 11) is 0. The number of aryl methyl sites for hydroxylation is 2. The second kappa shape index (κ2) is 14.2. The Morgan fingerprint density at radius 1 is 0.933 bits per heavy atom. The quantitative estimate of drug-likeness (QED) is 0.313. The van der Waals surface area contributed by atoms with Crippen molar-refractivity contribution in [1.82, 2.24) is 14.9 Å². The predicted octanol–water partition coefficient (Wildman–Crippen LogP) is 6.66. The standard InChI is InChI=1S/C26H43N3O/c1-4-7-8-9-10-16-21-29-24-18-14-13-17-23(24)28-25(29)19-12-11-15-20-27-26(30)22(5-2)6-3/h13-14,17-18,22H,4-12,15-16,19-21H2,1-3H3,(H,27,30). The number of nitrogens with zero attached hydrogens (tertiary/aromatic N) is 2. The summed E-state index contributed by atoms with van der Waals surface area (Å²) >= 11 is 0. The van der Waals surface area contributed by atoms with E-state index < -0.39 is 0 Å². The normalized spacial score (nSPS) is 11.5. The van der Waals surface area contributed by atoms with Crippen LogP contribution in [0.3, 0.4) is 0 Å². The number of hydrogen-bond acceptors (Lipinski definition) is 2. The molecule has 2 aromatic rings. The van der Waals surface area contributed by atoms with Gasteiger partial charge in [-0.2, -0.15) is 0 Å². The Hall–Kier alpha value is -1.84. The number of amides is 1. The van der Waals surface area contributed by atoms with Gasteiger partial charge in [-0.05, 0) is 44.2 Å². The third-order valence-corrected chi connectivity index (χ3v) is 6.20. The molecule has 4 nitrogen and oxygen atoms in total. The van der Waals surface area contributed by atoms with Gasteiger partial charge in [-0.3, -0.25) is 4.79 Å². The van der Waals surface area contributed by atoms with E-state index in [4.69, 9.17) is 4.98 Å². The highest BCUT2D eigenvalue weighted by Crippen LogP contribution is 2.19. The first-order chi connectivity index (χ1) is 14.7. The van der Waals surface area contributed by atoms with Crippen LogP contribution < -0.4 is 5.32 Å². The van der Waals surface area contributed by atoms with E-state index in [2.05, 4.69) is 54.9 Å². The number of rotatable bonds is 16. The molecule has 0 saturated heterocycles. The average molecular weight is 414 g/mol. The maximum absolute atomic E-state index is 12.1. The minimum atomic E-state index is 0.173. The SMILES string of the molecule is CCCCCCCCn1c(CCCCCNC(=O)C(CC)CC)nc2ccccc21. The van der Waals surface area contributed by atoms with Crippen LogP contribution in [0.15, 0.2) is 24.3 Å². The molecule has 1 amide bonds. The zero-order valence-corrected chi connectivity index (χ0v) is 19.6. The summed E-state index contributed by atoms with van der Waals surface area (Å²) < 4.78 is 2.45. The fourth-order valence-corrected chi connectivity index (χ4v) is 4.22. The molecule has 0 saturated carbocycles. The zero-order chi connectivity index (χ0) is 21.6. The lowest BCUT2D eigenvalue weighted by atomic mass is 10.0. The summed E-state index contributed by atoms with van der Waals surface area (Å²) in [5.41, 5.74) is 2.40. The highest BCUT2D eigenvalue weighted by molar-refractivity contribution is 5.78. The Labute approximate surface area is 183 Å². The Bertz CT molecular complexity index is 733. The van der Waals surface area contributed by atoms with Gasteiger partial charge in [0, 0.05) is 25.4 Å². The van der Waals surface area contributed by atoms with Crippen LogP contribution in [0.1, 0.15) is 97.2 Å². The molecule has 1 heterocycles. The van der Waals surface area contributed by atoms with E-state index in [0.717, 1.165) is 57.1 Å². The smallest absolute Gasteiger partial charge is 0.223 e. The maximum Gasteiger partial charge on any atom is 0.223 e.